The van der Waals surface area contributed by atoms with E-state index in [4.69, 9.17) is 28.2 Å². The van der Waals surface area contributed by atoms with Gasteiger partial charge in [-0.25, -0.2) is 0 Å². The Hall–Kier alpha value is -3.45. The van der Waals surface area contributed by atoms with Crippen LogP contribution in [0.3, 0.4) is 0 Å². The molecule has 4 atom stereocenters. The standard InChI is InChI=1S/C35H48N2O10/c1-9-11-13-44-23-17-21(34(42-7)43-8)29(46-18(3)4)20-15-19-16-22-27(37(5)6)30-26(33(36-47-30)45-14-12-10-2)32(40)35(22,41)31(39)24(19)28(38)25(20)23/h17-19,22,27,34,38,41H,9-16H2,1-8H3/t19-,22-,27-,35-/m0/s1. The van der Waals surface area contributed by atoms with Crippen molar-refractivity contribution in [1.82, 2.24) is 10.1 Å². The Morgan fingerprint density at radius 3 is 2.30 bits per heavy atom. The molecule has 3 aliphatic rings. The summed E-state index contributed by atoms with van der Waals surface area (Å²) in [6.45, 7) is 8.51. The van der Waals surface area contributed by atoms with Crippen LogP contribution >= 0.6 is 0 Å². The number of Topliss-reactive ketones (excluding diaryl/α,β-unsaturated/α-hetero) is 2. The molecule has 0 bridgehead atoms. The van der Waals surface area contributed by atoms with Crippen LogP contribution in [0.4, 0.5) is 0 Å². The molecule has 258 valence electrons. The zero-order valence-electron chi connectivity index (χ0n) is 28.7. The van der Waals surface area contributed by atoms with Crippen LogP contribution in [0.5, 0.6) is 17.4 Å². The minimum atomic E-state index is -2.48. The molecule has 0 aliphatic heterocycles. The van der Waals surface area contributed by atoms with Crippen molar-refractivity contribution >= 4 is 17.3 Å². The fourth-order valence-electron chi connectivity index (χ4n) is 7.24. The zero-order chi connectivity index (χ0) is 34.2. The van der Waals surface area contributed by atoms with Gasteiger partial charge in [0.05, 0.1) is 36.5 Å². The molecule has 0 amide bonds. The van der Waals surface area contributed by atoms with Gasteiger partial charge in [0.25, 0.3) is 5.88 Å². The molecule has 2 N–H and O–H groups in total. The maximum Gasteiger partial charge on any atom is 0.265 e. The Balaban J connectivity index is 1.71. The highest BCUT2D eigenvalue weighted by Gasteiger charge is 2.65. The second-order valence-corrected chi connectivity index (χ2v) is 13.1. The molecule has 1 aromatic carbocycles. The van der Waals surface area contributed by atoms with Gasteiger partial charge in [-0.2, -0.15) is 0 Å². The summed E-state index contributed by atoms with van der Waals surface area (Å²) in [4.78, 5) is 30.7. The molecule has 1 saturated carbocycles. The van der Waals surface area contributed by atoms with Crippen molar-refractivity contribution < 1.29 is 48.0 Å². The van der Waals surface area contributed by atoms with E-state index in [1.807, 2.05) is 32.6 Å². The first-order valence-corrected chi connectivity index (χ1v) is 16.5. The lowest BCUT2D eigenvalue weighted by atomic mass is 9.57. The Morgan fingerprint density at radius 1 is 1.04 bits per heavy atom. The number of aliphatic hydroxyl groups excluding tert-OH is 1. The van der Waals surface area contributed by atoms with Crippen molar-refractivity contribution in [3.63, 3.8) is 0 Å². The smallest absolute Gasteiger partial charge is 0.265 e. The minimum absolute atomic E-state index is 0.00548. The average Bonchev–Trinajstić information content (AvgIpc) is 3.44. The third-order valence-electron chi connectivity index (χ3n) is 9.38. The highest BCUT2D eigenvalue weighted by Crippen LogP contribution is 2.57. The predicted molar refractivity (Wildman–Crippen MR) is 172 cm³/mol. The van der Waals surface area contributed by atoms with E-state index in [1.54, 1.807) is 20.2 Å². The summed E-state index contributed by atoms with van der Waals surface area (Å²) in [6, 6.07) is 1.04. The maximum atomic E-state index is 14.6. The summed E-state index contributed by atoms with van der Waals surface area (Å²) in [5, 5.41) is 28.4. The average molecular weight is 657 g/mol. The van der Waals surface area contributed by atoms with Crippen molar-refractivity contribution in [2.75, 3.05) is 41.5 Å². The fraction of sp³-hybridized carbons (Fsp3) is 0.629. The number of aliphatic hydroxyl groups is 2. The van der Waals surface area contributed by atoms with Gasteiger partial charge >= 0.3 is 0 Å². The number of nitrogens with zero attached hydrogens (tertiary/aromatic N) is 2. The molecule has 0 radical (unpaired) electrons. The summed E-state index contributed by atoms with van der Waals surface area (Å²) in [7, 11) is 6.65. The molecule has 12 heteroatoms. The third-order valence-corrected chi connectivity index (χ3v) is 9.38. The van der Waals surface area contributed by atoms with Gasteiger partial charge in [0, 0.05) is 31.3 Å². The van der Waals surface area contributed by atoms with Gasteiger partial charge in [-0.05, 0) is 70.8 Å². The summed E-state index contributed by atoms with van der Waals surface area (Å²) in [5.41, 5.74) is -0.992. The van der Waals surface area contributed by atoms with Crippen LogP contribution in [0.25, 0.3) is 5.76 Å². The van der Waals surface area contributed by atoms with Crippen LogP contribution in [0, 0.1) is 11.8 Å². The van der Waals surface area contributed by atoms with Gasteiger partial charge in [-0.1, -0.05) is 26.7 Å². The van der Waals surface area contributed by atoms with Crippen LogP contribution in [-0.4, -0.2) is 85.1 Å². The van der Waals surface area contributed by atoms with Gasteiger partial charge in [0.2, 0.25) is 11.6 Å². The monoisotopic (exact) mass is 656 g/mol. The van der Waals surface area contributed by atoms with E-state index in [-0.39, 0.29) is 47.5 Å². The molecular formula is C35H48N2O10. The van der Waals surface area contributed by atoms with Gasteiger partial charge in [0.15, 0.2) is 17.7 Å². The fourth-order valence-corrected chi connectivity index (χ4v) is 7.24. The van der Waals surface area contributed by atoms with Gasteiger partial charge in [-0.15, -0.1) is 0 Å². The summed E-state index contributed by atoms with van der Waals surface area (Å²) >= 11 is 0. The molecular weight excluding hydrogens is 608 g/mol. The molecule has 47 heavy (non-hydrogen) atoms. The molecule has 0 saturated heterocycles. The first-order valence-electron chi connectivity index (χ1n) is 16.5. The van der Waals surface area contributed by atoms with Crippen molar-refractivity contribution in [3.8, 4) is 17.4 Å². The minimum Gasteiger partial charge on any atom is -0.507 e. The molecule has 1 heterocycles. The zero-order valence-corrected chi connectivity index (χ0v) is 28.7. The number of benzene rings is 1. The van der Waals surface area contributed by atoms with Crippen molar-refractivity contribution in [2.24, 2.45) is 11.8 Å². The van der Waals surface area contributed by atoms with Crippen LogP contribution in [0.15, 0.2) is 16.2 Å². The van der Waals surface area contributed by atoms with E-state index in [0.29, 0.717) is 41.4 Å². The van der Waals surface area contributed by atoms with Gasteiger partial charge < -0.3 is 38.4 Å². The number of methoxy groups -OCH3 is 2. The first-order chi connectivity index (χ1) is 22.5. The van der Waals surface area contributed by atoms with Crippen LogP contribution in [0.1, 0.15) is 105 Å². The lowest BCUT2D eigenvalue weighted by Gasteiger charge is -2.49. The van der Waals surface area contributed by atoms with E-state index in [0.717, 1.165) is 25.7 Å². The van der Waals surface area contributed by atoms with E-state index in [1.165, 1.54) is 14.2 Å². The van der Waals surface area contributed by atoms with Crippen molar-refractivity contribution in [2.45, 2.75) is 90.3 Å². The molecule has 12 nitrogen and oxygen atoms in total. The Morgan fingerprint density at radius 2 is 1.70 bits per heavy atom. The Kier molecular flexibility index (Phi) is 10.4. The number of ketones is 2. The number of rotatable bonds is 14. The summed E-state index contributed by atoms with van der Waals surface area (Å²) in [5.74, 6) is -2.45. The normalized spacial score (nSPS) is 23.6. The molecule has 3 aliphatic carbocycles. The van der Waals surface area contributed by atoms with Crippen LogP contribution in [-0.2, 0) is 20.7 Å². The van der Waals surface area contributed by atoms with E-state index >= 15 is 0 Å². The third kappa shape index (κ3) is 5.83. The number of unbranched alkanes of at least 4 members (excludes halogenated alkanes) is 2. The topological polar surface area (TPSA) is 150 Å². The lowest BCUT2D eigenvalue weighted by Crippen LogP contribution is -2.63. The quantitative estimate of drug-likeness (QED) is 0.153. The number of hydrogen-bond donors (Lipinski definition) is 2. The summed E-state index contributed by atoms with van der Waals surface area (Å²) < 4.78 is 35.4. The van der Waals surface area contributed by atoms with Crippen LogP contribution in [0.2, 0.25) is 0 Å². The van der Waals surface area contributed by atoms with E-state index in [9.17, 15) is 19.8 Å². The molecule has 1 aromatic heterocycles. The van der Waals surface area contributed by atoms with Crippen molar-refractivity contribution in [1.29, 1.82) is 0 Å². The Labute approximate surface area is 275 Å². The number of fused-ring (bicyclic) bond motifs is 4. The van der Waals surface area contributed by atoms with Gasteiger partial charge in [0.1, 0.15) is 22.8 Å². The number of ether oxygens (including phenoxy) is 5. The molecule has 5 rings (SSSR count). The number of carbonyl (C=O) groups is 2. The van der Waals surface area contributed by atoms with E-state index < -0.39 is 41.3 Å². The SMILES string of the molecule is CCCCOc1cc(C(OC)OC)c(OC(C)C)c2c1C(O)=C1C(=O)[C@]3(O)C(=O)c4c(OCCCC)noc4[C@@H](N(C)C)[C@@H]3C[C@@H]1C2. The number of aromatic nitrogens is 1. The lowest BCUT2D eigenvalue weighted by molar-refractivity contribution is -0.142. The summed E-state index contributed by atoms with van der Waals surface area (Å²) in [6.07, 6.45) is 2.67. The number of carbonyl (C=O) groups excluding carboxylic acids is 2. The highest BCUT2D eigenvalue weighted by atomic mass is 16.7. The molecule has 0 spiro atoms. The molecule has 0 unspecified atom stereocenters. The molecule has 1 fully saturated rings. The van der Waals surface area contributed by atoms with Crippen molar-refractivity contribution in [3.05, 3.63) is 39.7 Å². The Bertz CT molecular complexity index is 1520. The van der Waals surface area contributed by atoms with Crippen LogP contribution < -0.4 is 14.2 Å². The first kappa shape index (κ1) is 34.9. The highest BCUT2D eigenvalue weighted by molar-refractivity contribution is 6.26. The molecule has 2 aromatic rings. The van der Waals surface area contributed by atoms with E-state index in [2.05, 4.69) is 5.16 Å². The number of hydrogen-bond acceptors (Lipinski definition) is 12. The predicted octanol–water partition coefficient (Wildman–Crippen LogP) is 5.37. The maximum absolute atomic E-state index is 14.6. The second kappa shape index (κ2) is 14.0. The second-order valence-electron chi connectivity index (χ2n) is 13.1. The van der Waals surface area contributed by atoms with Gasteiger partial charge in [-0.3, -0.25) is 14.5 Å². The largest absolute Gasteiger partial charge is 0.507 e.